The van der Waals surface area contributed by atoms with E-state index in [-0.39, 0.29) is 16.7 Å². The van der Waals surface area contributed by atoms with Gasteiger partial charge >= 0.3 is 6.36 Å². The predicted molar refractivity (Wildman–Crippen MR) is 52.9 cm³/mol. The van der Waals surface area contributed by atoms with Crippen LogP contribution in [-0.4, -0.2) is 11.3 Å². The third kappa shape index (κ3) is 3.69. The quantitative estimate of drug-likeness (QED) is 0.686. The molecular formula is C8H6BrF5N2O. The van der Waals surface area contributed by atoms with Crippen molar-refractivity contribution in [2.75, 3.05) is 5.73 Å². The SMILES string of the molecule is Nc1nc(C(F)F)c(OC(F)(F)F)cc1CBr. The molecule has 0 aliphatic rings. The Hall–Kier alpha value is -1.12. The van der Waals surface area contributed by atoms with E-state index in [0.717, 1.165) is 6.07 Å². The molecule has 9 heteroatoms. The molecule has 17 heavy (non-hydrogen) atoms. The first-order chi connectivity index (χ1) is 7.74. The minimum Gasteiger partial charge on any atom is -0.404 e. The second kappa shape index (κ2) is 5.03. The Balaban J connectivity index is 3.24. The zero-order valence-electron chi connectivity index (χ0n) is 8.06. The number of nitrogen functional groups attached to an aromatic ring is 1. The standard InChI is InChI=1S/C8H6BrF5N2O/c9-2-3-1-4(17-8(12,13)14)5(6(10)11)16-7(3)15/h1,6H,2H2,(H2,15,16). The van der Waals surface area contributed by atoms with Gasteiger partial charge in [-0.05, 0) is 6.07 Å². The smallest absolute Gasteiger partial charge is 0.404 e. The molecule has 3 nitrogen and oxygen atoms in total. The summed E-state index contributed by atoms with van der Waals surface area (Å²) in [7, 11) is 0. The lowest BCUT2D eigenvalue weighted by Gasteiger charge is -2.14. The van der Waals surface area contributed by atoms with Gasteiger partial charge in [-0.3, -0.25) is 0 Å². The second-order valence-corrected chi connectivity index (χ2v) is 3.46. The maximum Gasteiger partial charge on any atom is 0.573 e. The van der Waals surface area contributed by atoms with Crippen molar-refractivity contribution in [3.05, 3.63) is 17.3 Å². The largest absolute Gasteiger partial charge is 0.573 e. The molecule has 1 rings (SSSR count). The summed E-state index contributed by atoms with van der Waals surface area (Å²) in [5.74, 6) is -1.32. The van der Waals surface area contributed by atoms with Gasteiger partial charge < -0.3 is 10.5 Å². The van der Waals surface area contributed by atoms with Gasteiger partial charge in [-0.25, -0.2) is 13.8 Å². The zero-order valence-corrected chi connectivity index (χ0v) is 9.65. The average molecular weight is 321 g/mol. The molecule has 0 fully saturated rings. The number of halogens is 6. The van der Waals surface area contributed by atoms with Gasteiger partial charge in [-0.1, -0.05) is 15.9 Å². The van der Waals surface area contributed by atoms with Crippen molar-refractivity contribution in [2.24, 2.45) is 0 Å². The second-order valence-electron chi connectivity index (χ2n) is 2.90. The summed E-state index contributed by atoms with van der Waals surface area (Å²) in [6.45, 7) is 0. The van der Waals surface area contributed by atoms with E-state index in [0.29, 0.717) is 0 Å². The minimum absolute atomic E-state index is 0.0730. The lowest BCUT2D eigenvalue weighted by molar-refractivity contribution is -0.275. The van der Waals surface area contributed by atoms with E-state index >= 15 is 0 Å². The Kier molecular flexibility index (Phi) is 4.12. The molecule has 1 heterocycles. The Morgan fingerprint density at radius 3 is 2.41 bits per heavy atom. The number of nitrogens with zero attached hydrogens (tertiary/aromatic N) is 1. The molecule has 0 aliphatic heterocycles. The lowest BCUT2D eigenvalue weighted by Crippen LogP contribution is -2.19. The van der Waals surface area contributed by atoms with Gasteiger partial charge in [0.05, 0.1) is 0 Å². The van der Waals surface area contributed by atoms with Crippen molar-refractivity contribution in [3.63, 3.8) is 0 Å². The van der Waals surface area contributed by atoms with E-state index in [4.69, 9.17) is 5.73 Å². The average Bonchev–Trinajstić information content (AvgIpc) is 2.17. The lowest BCUT2D eigenvalue weighted by atomic mass is 10.2. The predicted octanol–water partition coefficient (Wildman–Crippen LogP) is 3.39. The normalized spacial score (nSPS) is 11.9. The van der Waals surface area contributed by atoms with Crippen LogP contribution in [0.3, 0.4) is 0 Å². The molecule has 0 aromatic carbocycles. The topological polar surface area (TPSA) is 48.1 Å². The molecule has 0 saturated carbocycles. The van der Waals surface area contributed by atoms with E-state index in [1.54, 1.807) is 0 Å². The van der Waals surface area contributed by atoms with Crippen molar-refractivity contribution >= 4 is 21.7 Å². The van der Waals surface area contributed by atoms with Crippen molar-refractivity contribution in [1.82, 2.24) is 4.98 Å². The summed E-state index contributed by atoms with van der Waals surface area (Å²) in [6, 6.07) is 0.784. The van der Waals surface area contributed by atoms with Crippen LogP contribution in [0.5, 0.6) is 5.75 Å². The molecule has 2 N–H and O–H groups in total. The molecule has 0 saturated heterocycles. The highest BCUT2D eigenvalue weighted by atomic mass is 79.9. The Labute approximate surface area is 101 Å². The summed E-state index contributed by atoms with van der Waals surface area (Å²) in [6.07, 6.45) is -8.27. The highest BCUT2D eigenvalue weighted by molar-refractivity contribution is 9.08. The highest BCUT2D eigenvalue weighted by Gasteiger charge is 2.34. The van der Waals surface area contributed by atoms with Crippen molar-refractivity contribution in [2.45, 2.75) is 18.1 Å². The first-order valence-electron chi connectivity index (χ1n) is 4.13. The van der Waals surface area contributed by atoms with Gasteiger partial charge in [0.15, 0.2) is 11.4 Å². The molecular weight excluding hydrogens is 315 g/mol. The van der Waals surface area contributed by atoms with E-state index in [1.165, 1.54) is 0 Å². The van der Waals surface area contributed by atoms with E-state index in [9.17, 15) is 22.0 Å². The zero-order chi connectivity index (χ0) is 13.2. The third-order valence-electron chi connectivity index (χ3n) is 1.70. The fraction of sp³-hybridized carbons (Fsp3) is 0.375. The maximum absolute atomic E-state index is 12.4. The van der Waals surface area contributed by atoms with Crippen LogP contribution in [0.4, 0.5) is 27.8 Å². The summed E-state index contributed by atoms with van der Waals surface area (Å²) in [4.78, 5) is 3.20. The Morgan fingerprint density at radius 1 is 1.41 bits per heavy atom. The number of alkyl halides is 6. The fourth-order valence-electron chi connectivity index (χ4n) is 1.03. The van der Waals surface area contributed by atoms with Crippen LogP contribution in [0.15, 0.2) is 6.07 Å². The number of anilines is 1. The van der Waals surface area contributed by atoms with Gasteiger partial charge in [0.1, 0.15) is 5.82 Å². The summed E-state index contributed by atoms with van der Waals surface area (Å²) < 4.78 is 64.3. The van der Waals surface area contributed by atoms with Crippen LogP contribution in [0, 0.1) is 0 Å². The monoisotopic (exact) mass is 320 g/mol. The molecule has 96 valence electrons. The number of pyridine rings is 1. The van der Waals surface area contributed by atoms with E-state index < -0.39 is 24.2 Å². The van der Waals surface area contributed by atoms with Crippen molar-refractivity contribution in [1.29, 1.82) is 0 Å². The summed E-state index contributed by atoms with van der Waals surface area (Å²) in [5.41, 5.74) is 4.29. The number of rotatable bonds is 3. The number of aromatic nitrogens is 1. The van der Waals surface area contributed by atoms with E-state index in [2.05, 4.69) is 25.7 Å². The Bertz CT molecular complexity index is 410. The molecule has 1 aromatic rings. The highest BCUT2D eigenvalue weighted by Crippen LogP contribution is 2.34. The number of hydrogen-bond acceptors (Lipinski definition) is 3. The van der Waals surface area contributed by atoms with Crippen molar-refractivity contribution in [3.8, 4) is 5.75 Å². The summed E-state index contributed by atoms with van der Waals surface area (Å²) >= 11 is 2.94. The third-order valence-corrected chi connectivity index (χ3v) is 2.31. The Morgan fingerprint density at radius 2 is 2.00 bits per heavy atom. The number of ether oxygens (including phenoxy) is 1. The summed E-state index contributed by atoms with van der Waals surface area (Å²) in [5, 5.41) is 0.0730. The van der Waals surface area contributed by atoms with Crippen LogP contribution in [0.1, 0.15) is 17.7 Å². The van der Waals surface area contributed by atoms with Crippen LogP contribution >= 0.6 is 15.9 Å². The number of nitrogens with two attached hydrogens (primary N) is 1. The van der Waals surface area contributed by atoms with E-state index in [1.807, 2.05) is 0 Å². The molecule has 1 aromatic heterocycles. The van der Waals surface area contributed by atoms with Gasteiger partial charge in [0, 0.05) is 10.9 Å². The van der Waals surface area contributed by atoms with Gasteiger partial charge in [0.2, 0.25) is 0 Å². The number of hydrogen-bond donors (Lipinski definition) is 1. The molecule has 0 aliphatic carbocycles. The van der Waals surface area contributed by atoms with Gasteiger partial charge in [0.25, 0.3) is 6.43 Å². The first kappa shape index (κ1) is 13.9. The molecule has 0 spiro atoms. The fourth-order valence-corrected chi connectivity index (χ4v) is 1.48. The molecule has 0 atom stereocenters. The van der Waals surface area contributed by atoms with Gasteiger partial charge in [-0.2, -0.15) is 0 Å². The van der Waals surface area contributed by atoms with Crippen LogP contribution in [0.25, 0.3) is 0 Å². The molecule has 0 unspecified atom stereocenters. The van der Waals surface area contributed by atoms with Crippen LogP contribution in [-0.2, 0) is 5.33 Å². The van der Waals surface area contributed by atoms with Crippen LogP contribution in [0.2, 0.25) is 0 Å². The minimum atomic E-state index is -5.06. The van der Waals surface area contributed by atoms with Gasteiger partial charge in [-0.15, -0.1) is 13.2 Å². The molecule has 0 radical (unpaired) electrons. The molecule has 0 amide bonds. The maximum atomic E-state index is 12.4. The van der Waals surface area contributed by atoms with Crippen molar-refractivity contribution < 1.29 is 26.7 Å². The first-order valence-corrected chi connectivity index (χ1v) is 5.26. The van der Waals surface area contributed by atoms with Crippen LogP contribution < -0.4 is 10.5 Å². The molecule has 0 bridgehead atoms.